The van der Waals surface area contributed by atoms with Gasteiger partial charge < -0.3 is 18.9 Å². The zero-order valence-electron chi connectivity index (χ0n) is 14.7. The second-order valence-corrected chi connectivity index (χ2v) is 6.23. The molecule has 0 fully saturated rings. The number of hydrogen-bond acceptors (Lipinski definition) is 6. The quantitative estimate of drug-likeness (QED) is 0.543. The highest BCUT2D eigenvalue weighted by molar-refractivity contribution is 6.36. The smallest absolute Gasteiger partial charge is 0.363 e. The highest BCUT2D eigenvalue weighted by Crippen LogP contribution is 2.41. The first kappa shape index (κ1) is 19.1. The third-order valence-electron chi connectivity index (χ3n) is 3.81. The Morgan fingerprint density at radius 2 is 1.74 bits per heavy atom. The molecule has 0 saturated carbocycles. The molecule has 0 atom stereocenters. The lowest BCUT2D eigenvalue weighted by atomic mass is 10.1. The molecular weight excluding hydrogens is 393 g/mol. The zero-order chi connectivity index (χ0) is 19.6. The summed E-state index contributed by atoms with van der Waals surface area (Å²) in [6.07, 6.45) is 1.54. The molecule has 0 amide bonds. The topological polar surface area (TPSA) is 66.4 Å². The van der Waals surface area contributed by atoms with Crippen LogP contribution in [0.25, 0.3) is 6.08 Å². The first-order valence-corrected chi connectivity index (χ1v) is 8.51. The van der Waals surface area contributed by atoms with Crippen molar-refractivity contribution in [2.24, 2.45) is 4.99 Å². The Labute approximate surface area is 165 Å². The molecule has 0 saturated heterocycles. The van der Waals surface area contributed by atoms with E-state index < -0.39 is 5.97 Å². The van der Waals surface area contributed by atoms with Crippen molar-refractivity contribution in [3.8, 4) is 17.2 Å². The molecule has 1 aliphatic heterocycles. The lowest BCUT2D eigenvalue weighted by molar-refractivity contribution is -0.129. The molecule has 8 heteroatoms. The summed E-state index contributed by atoms with van der Waals surface area (Å²) in [5, 5.41) is 0.822. The molecule has 2 aromatic rings. The predicted molar refractivity (Wildman–Crippen MR) is 103 cm³/mol. The number of aliphatic imine (C=N–C) groups is 1. The van der Waals surface area contributed by atoms with Gasteiger partial charge in [0, 0.05) is 10.6 Å². The second-order valence-electron chi connectivity index (χ2n) is 5.38. The van der Waals surface area contributed by atoms with Crippen LogP contribution >= 0.6 is 23.2 Å². The fourth-order valence-electron chi connectivity index (χ4n) is 2.57. The van der Waals surface area contributed by atoms with Gasteiger partial charge in [-0.05, 0) is 36.4 Å². The van der Waals surface area contributed by atoms with Crippen LogP contribution in [0, 0.1) is 0 Å². The number of halogens is 2. The van der Waals surface area contributed by atoms with Crippen LogP contribution in [0.2, 0.25) is 10.0 Å². The molecule has 2 aromatic carbocycles. The monoisotopic (exact) mass is 407 g/mol. The molecule has 6 nitrogen and oxygen atoms in total. The van der Waals surface area contributed by atoms with E-state index in [2.05, 4.69) is 4.99 Å². The number of methoxy groups -OCH3 is 3. The molecule has 1 aliphatic rings. The van der Waals surface area contributed by atoms with Gasteiger partial charge in [0.1, 0.15) is 0 Å². The van der Waals surface area contributed by atoms with E-state index in [1.54, 1.807) is 30.3 Å². The van der Waals surface area contributed by atoms with Gasteiger partial charge in [-0.1, -0.05) is 23.2 Å². The molecule has 0 bridgehead atoms. The summed E-state index contributed by atoms with van der Waals surface area (Å²) in [6, 6.07) is 8.24. The molecule has 0 radical (unpaired) electrons. The molecular formula is C19H15Cl2NO5. The third kappa shape index (κ3) is 3.72. The number of carbonyl (C=O) groups is 1. The number of esters is 1. The lowest BCUT2D eigenvalue weighted by Gasteiger charge is -2.14. The molecule has 140 valence electrons. The summed E-state index contributed by atoms with van der Waals surface area (Å²) in [5.41, 5.74) is 1.09. The fourth-order valence-corrected chi connectivity index (χ4v) is 2.94. The van der Waals surface area contributed by atoms with Crippen molar-refractivity contribution in [1.29, 1.82) is 0 Å². The molecule has 0 aliphatic carbocycles. The van der Waals surface area contributed by atoms with E-state index in [0.717, 1.165) is 0 Å². The summed E-state index contributed by atoms with van der Waals surface area (Å²) in [7, 11) is 4.51. The molecule has 0 unspecified atom stereocenters. The number of ether oxygens (including phenoxy) is 4. The van der Waals surface area contributed by atoms with Crippen molar-refractivity contribution in [3.63, 3.8) is 0 Å². The maximum Gasteiger partial charge on any atom is 0.363 e. The maximum atomic E-state index is 12.3. The normalized spacial score (nSPS) is 14.8. The van der Waals surface area contributed by atoms with E-state index in [1.807, 2.05) is 0 Å². The molecule has 3 rings (SSSR count). The highest BCUT2D eigenvalue weighted by atomic mass is 35.5. The average Bonchev–Trinajstić information content (AvgIpc) is 3.03. The zero-order valence-corrected chi connectivity index (χ0v) is 16.2. The minimum atomic E-state index is -0.613. The minimum Gasteiger partial charge on any atom is -0.493 e. The average molecular weight is 408 g/mol. The Balaban J connectivity index is 2.06. The van der Waals surface area contributed by atoms with Crippen molar-refractivity contribution < 1.29 is 23.7 Å². The molecule has 0 N–H and O–H groups in total. The van der Waals surface area contributed by atoms with Crippen LogP contribution in [0.3, 0.4) is 0 Å². The van der Waals surface area contributed by atoms with Crippen LogP contribution in [0.4, 0.5) is 0 Å². The van der Waals surface area contributed by atoms with Crippen LogP contribution in [0.1, 0.15) is 11.1 Å². The first-order chi connectivity index (χ1) is 13.0. The number of hydrogen-bond donors (Lipinski definition) is 0. The predicted octanol–water partition coefficient (Wildman–Crippen LogP) is 4.36. The van der Waals surface area contributed by atoms with Crippen LogP contribution in [-0.2, 0) is 9.53 Å². The van der Waals surface area contributed by atoms with E-state index >= 15 is 0 Å². The van der Waals surface area contributed by atoms with Crippen molar-refractivity contribution in [1.82, 2.24) is 0 Å². The molecule has 27 heavy (non-hydrogen) atoms. The second kappa shape index (κ2) is 7.90. The van der Waals surface area contributed by atoms with Gasteiger partial charge in [-0.25, -0.2) is 9.79 Å². The third-order valence-corrected chi connectivity index (χ3v) is 4.37. The SMILES string of the molecule is COc1ccc(/C=C2\N=C(c3cc(Cl)ccc3Cl)OC2=O)c(OC)c1OC. The van der Waals surface area contributed by atoms with Gasteiger partial charge in [0.2, 0.25) is 11.6 Å². The molecule has 0 spiro atoms. The Hall–Kier alpha value is -2.70. The van der Waals surface area contributed by atoms with E-state index in [9.17, 15) is 4.79 Å². The van der Waals surface area contributed by atoms with E-state index in [-0.39, 0.29) is 11.6 Å². The Morgan fingerprint density at radius 3 is 2.41 bits per heavy atom. The van der Waals surface area contributed by atoms with Gasteiger partial charge >= 0.3 is 5.97 Å². The summed E-state index contributed by atoms with van der Waals surface area (Å²) in [5.74, 6) is 0.779. The van der Waals surface area contributed by atoms with Gasteiger partial charge in [0.15, 0.2) is 17.2 Å². The summed E-state index contributed by atoms with van der Waals surface area (Å²) in [6.45, 7) is 0. The van der Waals surface area contributed by atoms with Crippen molar-refractivity contribution in [2.75, 3.05) is 21.3 Å². The van der Waals surface area contributed by atoms with Gasteiger partial charge in [-0.2, -0.15) is 0 Å². The standard InChI is InChI=1S/C19H15Cl2NO5/c1-24-15-7-4-10(16(25-2)17(15)26-3)8-14-19(23)27-18(22-14)12-9-11(20)5-6-13(12)21/h4-9H,1-3H3/b14-8-. The first-order valence-electron chi connectivity index (χ1n) is 7.75. The van der Waals surface area contributed by atoms with Crippen LogP contribution in [-0.4, -0.2) is 33.2 Å². The van der Waals surface area contributed by atoms with E-state index in [0.29, 0.717) is 38.4 Å². The van der Waals surface area contributed by atoms with Gasteiger partial charge in [0.25, 0.3) is 0 Å². The lowest BCUT2D eigenvalue weighted by Crippen LogP contribution is -2.06. The van der Waals surface area contributed by atoms with Crippen molar-refractivity contribution >= 4 is 41.1 Å². The number of cyclic esters (lactones) is 1. The van der Waals surface area contributed by atoms with Gasteiger partial charge in [0.05, 0.1) is 31.9 Å². The van der Waals surface area contributed by atoms with E-state index in [1.165, 1.54) is 27.4 Å². The maximum absolute atomic E-state index is 12.3. The summed E-state index contributed by atoms with van der Waals surface area (Å²) < 4.78 is 21.3. The van der Waals surface area contributed by atoms with Crippen molar-refractivity contribution in [2.45, 2.75) is 0 Å². The molecule has 1 heterocycles. The van der Waals surface area contributed by atoms with Gasteiger partial charge in [-0.3, -0.25) is 0 Å². The van der Waals surface area contributed by atoms with Crippen LogP contribution < -0.4 is 14.2 Å². The van der Waals surface area contributed by atoms with Crippen LogP contribution in [0.5, 0.6) is 17.2 Å². The summed E-state index contributed by atoms with van der Waals surface area (Å²) in [4.78, 5) is 16.5. The largest absolute Gasteiger partial charge is 0.493 e. The van der Waals surface area contributed by atoms with E-state index in [4.69, 9.17) is 42.1 Å². The number of nitrogens with zero attached hydrogens (tertiary/aromatic N) is 1. The molecule has 0 aromatic heterocycles. The number of carbonyl (C=O) groups excluding carboxylic acids is 1. The highest BCUT2D eigenvalue weighted by Gasteiger charge is 2.27. The fraction of sp³-hybridized carbons (Fsp3) is 0.158. The Morgan fingerprint density at radius 1 is 1.00 bits per heavy atom. The minimum absolute atomic E-state index is 0.0817. The Bertz CT molecular complexity index is 969. The van der Waals surface area contributed by atoms with Gasteiger partial charge in [-0.15, -0.1) is 0 Å². The van der Waals surface area contributed by atoms with Crippen LogP contribution in [0.15, 0.2) is 41.0 Å². The summed E-state index contributed by atoms with van der Waals surface area (Å²) >= 11 is 12.1. The number of benzene rings is 2. The Kier molecular flexibility index (Phi) is 5.58. The van der Waals surface area contributed by atoms with Crippen molar-refractivity contribution in [3.05, 3.63) is 57.2 Å². The number of rotatable bonds is 5.